The number of hydrogen-bond acceptors (Lipinski definition) is 0. The van der Waals surface area contributed by atoms with E-state index in [4.69, 9.17) is 0 Å². The zero-order valence-electron chi connectivity index (χ0n) is 8.93. The van der Waals surface area contributed by atoms with Crippen LogP contribution in [0.2, 0.25) is 0 Å². The molecule has 0 heterocycles. The van der Waals surface area contributed by atoms with Crippen LogP contribution >= 0.6 is 0 Å². The van der Waals surface area contributed by atoms with Crippen molar-refractivity contribution >= 4 is 0 Å². The highest BCUT2D eigenvalue weighted by atomic mass is 14.7. The lowest BCUT2D eigenvalue weighted by molar-refractivity contribution is 0.303. The Morgan fingerprint density at radius 1 is 1.08 bits per heavy atom. The second-order valence-corrected chi connectivity index (χ2v) is 5.49. The van der Waals surface area contributed by atoms with Crippen molar-refractivity contribution in [1.29, 1.82) is 0 Å². The average Bonchev–Trinajstić information content (AvgIpc) is 2.57. The summed E-state index contributed by atoms with van der Waals surface area (Å²) in [6, 6.07) is 0. The molecule has 0 bridgehead atoms. The van der Waals surface area contributed by atoms with Crippen LogP contribution in [0.1, 0.15) is 47.0 Å². The third-order valence-electron chi connectivity index (χ3n) is 5.10. The second-order valence-electron chi connectivity index (χ2n) is 5.49. The Kier molecular flexibility index (Phi) is 1.79. The molecule has 2 aliphatic rings. The van der Waals surface area contributed by atoms with E-state index in [1.165, 1.54) is 19.3 Å². The fraction of sp³-hybridized carbons (Fsp3) is 1.00. The lowest BCUT2D eigenvalue weighted by Gasteiger charge is -2.19. The summed E-state index contributed by atoms with van der Waals surface area (Å²) in [6.45, 7) is 9.91. The second kappa shape index (κ2) is 2.49. The van der Waals surface area contributed by atoms with Crippen LogP contribution in [0.3, 0.4) is 0 Å². The first-order valence-electron chi connectivity index (χ1n) is 5.58. The van der Waals surface area contributed by atoms with Crippen LogP contribution < -0.4 is 0 Å². The zero-order chi connectivity index (χ0) is 8.93. The van der Waals surface area contributed by atoms with Crippen molar-refractivity contribution < 1.29 is 0 Å². The molecule has 12 heavy (non-hydrogen) atoms. The van der Waals surface area contributed by atoms with Crippen molar-refractivity contribution in [2.24, 2.45) is 29.1 Å². The molecule has 5 atom stereocenters. The fourth-order valence-electron chi connectivity index (χ4n) is 3.91. The monoisotopic (exact) mass is 166 g/mol. The first-order valence-corrected chi connectivity index (χ1v) is 5.58. The van der Waals surface area contributed by atoms with Gasteiger partial charge >= 0.3 is 0 Å². The Balaban J connectivity index is 2.19. The van der Waals surface area contributed by atoms with Crippen molar-refractivity contribution in [1.82, 2.24) is 0 Å². The molecule has 2 aliphatic carbocycles. The smallest absolute Gasteiger partial charge is 0.0238 e. The maximum absolute atomic E-state index is 2.52. The maximum atomic E-state index is 2.52. The van der Waals surface area contributed by atoms with E-state index in [2.05, 4.69) is 27.7 Å². The van der Waals surface area contributed by atoms with Crippen molar-refractivity contribution in [2.45, 2.75) is 47.0 Å². The van der Waals surface area contributed by atoms with Gasteiger partial charge in [0.1, 0.15) is 0 Å². The lowest BCUT2D eigenvalue weighted by atomic mass is 9.86. The minimum absolute atomic E-state index is 0.718. The van der Waals surface area contributed by atoms with Crippen LogP contribution in [-0.2, 0) is 0 Å². The summed E-state index contributed by atoms with van der Waals surface area (Å²) in [7, 11) is 0. The third kappa shape index (κ3) is 0.900. The van der Waals surface area contributed by atoms with Crippen LogP contribution in [0.5, 0.6) is 0 Å². The Bertz CT molecular complexity index is 180. The molecule has 0 heteroatoms. The summed E-state index contributed by atoms with van der Waals surface area (Å²) in [5.41, 5.74) is 0.718. The van der Waals surface area contributed by atoms with Gasteiger partial charge in [-0.15, -0.1) is 0 Å². The Morgan fingerprint density at radius 2 is 1.75 bits per heavy atom. The van der Waals surface area contributed by atoms with Gasteiger partial charge in [-0.25, -0.2) is 0 Å². The molecule has 5 unspecified atom stereocenters. The van der Waals surface area contributed by atoms with Crippen LogP contribution in [0.25, 0.3) is 0 Å². The van der Waals surface area contributed by atoms with Crippen molar-refractivity contribution in [3.63, 3.8) is 0 Å². The third-order valence-corrected chi connectivity index (χ3v) is 5.10. The highest BCUT2D eigenvalue weighted by molar-refractivity contribution is 5.10. The summed E-state index contributed by atoms with van der Waals surface area (Å²) < 4.78 is 0. The van der Waals surface area contributed by atoms with Crippen LogP contribution in [0, 0.1) is 29.1 Å². The SMILES string of the molecule is CC1CCCC(C)C2(C)C(C)C12. The van der Waals surface area contributed by atoms with Crippen LogP contribution in [0.15, 0.2) is 0 Å². The Morgan fingerprint density at radius 3 is 2.42 bits per heavy atom. The van der Waals surface area contributed by atoms with E-state index >= 15 is 0 Å². The van der Waals surface area contributed by atoms with E-state index in [0.717, 1.165) is 29.1 Å². The van der Waals surface area contributed by atoms with Gasteiger partial charge in [0.05, 0.1) is 0 Å². The average molecular weight is 166 g/mol. The molecule has 0 N–H and O–H groups in total. The largest absolute Gasteiger partial charge is 0.0622 e. The molecule has 0 nitrogen and oxygen atoms in total. The maximum Gasteiger partial charge on any atom is -0.0238 e. The molecule has 0 aromatic heterocycles. The molecule has 0 saturated heterocycles. The topological polar surface area (TPSA) is 0 Å². The van der Waals surface area contributed by atoms with Gasteiger partial charge < -0.3 is 0 Å². The molecular weight excluding hydrogens is 144 g/mol. The van der Waals surface area contributed by atoms with E-state index in [1.807, 2.05) is 0 Å². The molecule has 0 aromatic carbocycles. The number of hydrogen-bond donors (Lipinski definition) is 0. The molecule has 0 aromatic rings. The van der Waals surface area contributed by atoms with Gasteiger partial charge in [0.2, 0.25) is 0 Å². The summed E-state index contributed by atoms with van der Waals surface area (Å²) in [5, 5.41) is 0. The zero-order valence-corrected chi connectivity index (χ0v) is 8.93. The van der Waals surface area contributed by atoms with Crippen molar-refractivity contribution in [3.05, 3.63) is 0 Å². The van der Waals surface area contributed by atoms with E-state index in [9.17, 15) is 0 Å². The summed E-state index contributed by atoms with van der Waals surface area (Å²) >= 11 is 0. The van der Waals surface area contributed by atoms with E-state index in [-0.39, 0.29) is 0 Å². The fourth-order valence-corrected chi connectivity index (χ4v) is 3.91. The van der Waals surface area contributed by atoms with Gasteiger partial charge in [0, 0.05) is 0 Å². The lowest BCUT2D eigenvalue weighted by Crippen LogP contribution is -2.11. The molecule has 0 spiro atoms. The molecule has 0 radical (unpaired) electrons. The minimum Gasteiger partial charge on any atom is -0.0622 e. The first kappa shape index (κ1) is 8.59. The summed E-state index contributed by atoms with van der Waals surface area (Å²) in [6.07, 6.45) is 4.43. The van der Waals surface area contributed by atoms with Gasteiger partial charge in [-0.2, -0.15) is 0 Å². The quantitative estimate of drug-likeness (QED) is 0.514. The van der Waals surface area contributed by atoms with E-state index < -0.39 is 0 Å². The molecular formula is C12H22. The highest BCUT2D eigenvalue weighted by Gasteiger charge is 2.62. The van der Waals surface area contributed by atoms with Gasteiger partial charge in [-0.3, -0.25) is 0 Å². The van der Waals surface area contributed by atoms with Crippen molar-refractivity contribution in [3.8, 4) is 0 Å². The molecule has 70 valence electrons. The van der Waals surface area contributed by atoms with Gasteiger partial charge in [0.15, 0.2) is 0 Å². The molecule has 2 fully saturated rings. The van der Waals surface area contributed by atoms with E-state index in [1.54, 1.807) is 0 Å². The van der Waals surface area contributed by atoms with Crippen LogP contribution in [-0.4, -0.2) is 0 Å². The van der Waals surface area contributed by atoms with Gasteiger partial charge in [-0.05, 0) is 29.1 Å². The number of fused-ring (bicyclic) bond motifs is 1. The predicted molar refractivity (Wildman–Crippen MR) is 52.9 cm³/mol. The molecule has 2 saturated carbocycles. The molecule has 2 rings (SSSR count). The van der Waals surface area contributed by atoms with Crippen LogP contribution in [0.4, 0.5) is 0 Å². The first-order chi connectivity index (χ1) is 5.58. The normalized spacial score (nSPS) is 59.0. The van der Waals surface area contributed by atoms with Gasteiger partial charge in [-0.1, -0.05) is 47.0 Å². The highest BCUT2D eigenvalue weighted by Crippen LogP contribution is 2.68. The predicted octanol–water partition coefficient (Wildman–Crippen LogP) is 3.71. The Labute approximate surface area is 76.7 Å². The molecule has 0 aliphatic heterocycles. The summed E-state index contributed by atoms with van der Waals surface area (Å²) in [4.78, 5) is 0. The van der Waals surface area contributed by atoms with Crippen molar-refractivity contribution in [2.75, 3.05) is 0 Å². The minimum atomic E-state index is 0.718. The van der Waals surface area contributed by atoms with Gasteiger partial charge in [0.25, 0.3) is 0 Å². The molecule has 0 amide bonds. The standard InChI is InChI=1S/C12H22/c1-8-6-5-7-9(2)12(4)10(3)11(8)12/h8-11H,5-7H2,1-4H3. The Hall–Kier alpha value is 0. The van der Waals surface area contributed by atoms with E-state index in [0.29, 0.717) is 0 Å². The number of rotatable bonds is 0. The summed E-state index contributed by atoms with van der Waals surface area (Å²) in [5.74, 6) is 4.02.